The highest BCUT2D eigenvalue weighted by atomic mass is 19.3. The highest BCUT2D eigenvalue weighted by molar-refractivity contribution is 5.53. The van der Waals surface area contributed by atoms with Gasteiger partial charge < -0.3 is 4.74 Å². The van der Waals surface area contributed by atoms with E-state index in [9.17, 15) is 8.78 Å². The molecule has 0 amide bonds. The molecule has 1 rings (SSSR count). The van der Waals surface area contributed by atoms with E-state index in [2.05, 4.69) is 11.6 Å². The minimum atomic E-state index is -2.49. The number of hydrogen-bond donors (Lipinski definition) is 0. The molecule has 0 aromatic carbocycles. The zero-order valence-electron chi connectivity index (χ0n) is 7.13. The summed E-state index contributed by atoms with van der Waals surface area (Å²) in [6.45, 7) is 3.51. The van der Waals surface area contributed by atoms with Crippen molar-refractivity contribution in [2.24, 2.45) is 0 Å². The number of rotatable bonds is 3. The summed E-state index contributed by atoms with van der Waals surface area (Å²) in [7, 11) is 1.42. The first-order valence-electron chi connectivity index (χ1n) is 3.62. The van der Waals surface area contributed by atoms with Crippen LogP contribution in [0.4, 0.5) is 8.78 Å². The minimum absolute atomic E-state index is 0.0804. The van der Waals surface area contributed by atoms with Crippen molar-refractivity contribution in [1.82, 2.24) is 4.98 Å². The summed E-state index contributed by atoms with van der Waals surface area (Å²) in [5, 5.41) is 0. The molecule has 0 fully saturated rings. The fourth-order valence-electron chi connectivity index (χ4n) is 0.840. The van der Waals surface area contributed by atoms with E-state index >= 15 is 0 Å². The lowest BCUT2D eigenvalue weighted by Crippen LogP contribution is -1.93. The van der Waals surface area contributed by atoms with E-state index in [1.807, 2.05) is 0 Å². The van der Waals surface area contributed by atoms with E-state index in [1.54, 1.807) is 0 Å². The minimum Gasteiger partial charge on any atom is -0.495 e. The van der Waals surface area contributed by atoms with Crippen molar-refractivity contribution in [2.75, 3.05) is 7.11 Å². The predicted octanol–water partition coefficient (Wildman–Crippen LogP) is 2.64. The maximum absolute atomic E-state index is 12.2. The van der Waals surface area contributed by atoms with Crippen LogP contribution in [0, 0.1) is 0 Å². The van der Waals surface area contributed by atoms with Crippen molar-refractivity contribution in [2.45, 2.75) is 6.43 Å². The molecule has 1 aromatic heterocycles. The summed E-state index contributed by atoms with van der Waals surface area (Å²) >= 11 is 0. The van der Waals surface area contributed by atoms with Crippen molar-refractivity contribution >= 4 is 5.76 Å². The number of nitrogens with zero attached hydrogens (tertiary/aromatic N) is 1. The van der Waals surface area contributed by atoms with Crippen LogP contribution < -0.4 is 0 Å². The Balaban J connectivity index is 2.98. The molecule has 0 N–H and O–H groups in total. The summed E-state index contributed by atoms with van der Waals surface area (Å²) in [6, 6.07) is 2.52. The first-order chi connectivity index (χ1) is 6.15. The number of halogens is 2. The molecule has 0 aliphatic heterocycles. The molecule has 70 valence electrons. The van der Waals surface area contributed by atoms with Gasteiger partial charge in [-0.2, -0.15) is 0 Å². The molecule has 0 saturated heterocycles. The molecule has 0 aliphatic carbocycles. The number of ether oxygens (including phenoxy) is 1. The van der Waals surface area contributed by atoms with Crippen LogP contribution in [0.25, 0.3) is 5.76 Å². The largest absolute Gasteiger partial charge is 0.495 e. The van der Waals surface area contributed by atoms with Crippen LogP contribution in [0.2, 0.25) is 0 Å². The predicted molar refractivity (Wildman–Crippen MR) is 45.2 cm³/mol. The van der Waals surface area contributed by atoms with Crippen LogP contribution in [0.5, 0.6) is 0 Å². The summed E-state index contributed by atoms with van der Waals surface area (Å²) in [6.07, 6.45) is -1.19. The van der Waals surface area contributed by atoms with Crippen molar-refractivity contribution < 1.29 is 13.5 Å². The van der Waals surface area contributed by atoms with Gasteiger partial charge in [0.15, 0.2) is 0 Å². The monoisotopic (exact) mass is 185 g/mol. The Morgan fingerprint density at radius 3 is 2.85 bits per heavy atom. The molecule has 1 heterocycles. The van der Waals surface area contributed by atoms with Crippen molar-refractivity contribution in [1.29, 1.82) is 0 Å². The SMILES string of the molecule is C=C(OC)c1cc(C(F)F)ccn1. The maximum atomic E-state index is 12.2. The number of pyridine rings is 1. The van der Waals surface area contributed by atoms with Gasteiger partial charge in [0, 0.05) is 11.8 Å². The highest BCUT2D eigenvalue weighted by Gasteiger charge is 2.09. The molecule has 0 spiro atoms. The number of methoxy groups -OCH3 is 1. The van der Waals surface area contributed by atoms with Crippen molar-refractivity contribution in [3.63, 3.8) is 0 Å². The van der Waals surface area contributed by atoms with E-state index in [0.717, 1.165) is 0 Å². The van der Waals surface area contributed by atoms with Gasteiger partial charge in [0.05, 0.1) is 7.11 Å². The quantitative estimate of drug-likeness (QED) is 0.675. The highest BCUT2D eigenvalue weighted by Crippen LogP contribution is 2.20. The smallest absolute Gasteiger partial charge is 0.263 e. The Kier molecular flexibility index (Phi) is 2.95. The summed E-state index contributed by atoms with van der Waals surface area (Å²) in [5.74, 6) is 0.280. The van der Waals surface area contributed by atoms with Gasteiger partial charge in [-0.1, -0.05) is 6.58 Å². The van der Waals surface area contributed by atoms with E-state index in [1.165, 1.54) is 25.4 Å². The lowest BCUT2D eigenvalue weighted by molar-refractivity contribution is 0.151. The van der Waals surface area contributed by atoms with Gasteiger partial charge in [-0.3, -0.25) is 4.98 Å². The molecule has 0 bridgehead atoms. The first kappa shape index (κ1) is 9.64. The van der Waals surface area contributed by atoms with Gasteiger partial charge in [0.2, 0.25) is 0 Å². The molecule has 0 radical (unpaired) electrons. The second-order valence-electron chi connectivity index (χ2n) is 2.40. The topological polar surface area (TPSA) is 22.1 Å². The van der Waals surface area contributed by atoms with Crippen LogP contribution in [-0.4, -0.2) is 12.1 Å². The molecule has 2 nitrogen and oxygen atoms in total. The van der Waals surface area contributed by atoms with Gasteiger partial charge in [-0.15, -0.1) is 0 Å². The summed E-state index contributed by atoms with van der Waals surface area (Å²) < 4.78 is 29.2. The molecule has 0 aliphatic rings. The van der Waals surface area contributed by atoms with Crippen LogP contribution >= 0.6 is 0 Å². The first-order valence-corrected chi connectivity index (χ1v) is 3.62. The number of alkyl halides is 2. The summed E-state index contributed by atoms with van der Waals surface area (Å²) in [5.41, 5.74) is 0.253. The fourth-order valence-corrected chi connectivity index (χ4v) is 0.840. The van der Waals surface area contributed by atoms with Crippen LogP contribution in [0.3, 0.4) is 0 Å². The standard InChI is InChI=1S/C9H9F2NO/c1-6(13-2)8-5-7(9(10)11)3-4-12-8/h3-5,9H,1H2,2H3. The van der Waals surface area contributed by atoms with Crippen LogP contribution in [-0.2, 0) is 4.74 Å². The van der Waals surface area contributed by atoms with Gasteiger partial charge in [0.25, 0.3) is 6.43 Å². The van der Waals surface area contributed by atoms with Gasteiger partial charge >= 0.3 is 0 Å². The maximum Gasteiger partial charge on any atom is 0.263 e. The van der Waals surface area contributed by atoms with E-state index < -0.39 is 6.43 Å². The zero-order valence-corrected chi connectivity index (χ0v) is 7.13. The molecule has 0 atom stereocenters. The molecule has 1 aromatic rings. The van der Waals surface area contributed by atoms with Gasteiger partial charge in [-0.25, -0.2) is 8.78 Å². The van der Waals surface area contributed by atoms with E-state index in [4.69, 9.17) is 4.74 Å². The second-order valence-corrected chi connectivity index (χ2v) is 2.40. The second kappa shape index (κ2) is 3.98. The van der Waals surface area contributed by atoms with E-state index in [0.29, 0.717) is 5.69 Å². The molecule has 0 unspecified atom stereocenters. The Bertz CT molecular complexity index is 312. The normalized spacial score (nSPS) is 10.2. The van der Waals surface area contributed by atoms with Crippen LogP contribution in [0.1, 0.15) is 17.7 Å². The molecular formula is C9H9F2NO. The van der Waals surface area contributed by atoms with Crippen molar-refractivity contribution in [3.05, 3.63) is 36.2 Å². The average molecular weight is 185 g/mol. The van der Waals surface area contributed by atoms with Crippen LogP contribution in [0.15, 0.2) is 24.9 Å². The zero-order chi connectivity index (χ0) is 9.84. The molecule has 13 heavy (non-hydrogen) atoms. The Labute approximate surface area is 74.9 Å². The third-order valence-electron chi connectivity index (χ3n) is 1.57. The Morgan fingerprint density at radius 1 is 1.62 bits per heavy atom. The third-order valence-corrected chi connectivity index (χ3v) is 1.57. The molecular weight excluding hydrogens is 176 g/mol. The van der Waals surface area contributed by atoms with E-state index in [-0.39, 0.29) is 11.3 Å². The summed E-state index contributed by atoms with van der Waals surface area (Å²) in [4.78, 5) is 3.83. The fraction of sp³-hybridized carbons (Fsp3) is 0.222. The lowest BCUT2D eigenvalue weighted by atomic mass is 10.2. The Morgan fingerprint density at radius 2 is 2.31 bits per heavy atom. The number of aromatic nitrogens is 1. The third kappa shape index (κ3) is 2.24. The Hall–Kier alpha value is -1.45. The molecule has 0 saturated carbocycles. The number of hydrogen-bond acceptors (Lipinski definition) is 2. The average Bonchev–Trinajstić information content (AvgIpc) is 2.17. The van der Waals surface area contributed by atoms with Gasteiger partial charge in [0.1, 0.15) is 11.5 Å². The lowest BCUT2D eigenvalue weighted by Gasteiger charge is -2.04. The van der Waals surface area contributed by atoms with Gasteiger partial charge in [-0.05, 0) is 12.1 Å². The van der Waals surface area contributed by atoms with Crippen molar-refractivity contribution in [3.8, 4) is 0 Å². The molecule has 4 heteroatoms.